The summed E-state index contributed by atoms with van der Waals surface area (Å²) in [6.07, 6.45) is 5.32. The van der Waals surface area contributed by atoms with Crippen LogP contribution in [0.5, 0.6) is 5.75 Å². The minimum atomic E-state index is -1.21. The number of aromatic amines is 1. The minimum absolute atomic E-state index is 0.369. The lowest BCUT2D eigenvalue weighted by Gasteiger charge is -2.31. The van der Waals surface area contributed by atoms with Crippen molar-refractivity contribution < 1.29 is 9.47 Å². The molecule has 5 heterocycles. The molecule has 6 rings (SSSR count). The molecule has 0 radical (unpaired) electrons. The first-order chi connectivity index (χ1) is 21.1. The summed E-state index contributed by atoms with van der Waals surface area (Å²) < 4.78 is 14.9. The lowest BCUT2D eigenvalue weighted by atomic mass is 9.97. The van der Waals surface area contributed by atoms with Gasteiger partial charge in [0.2, 0.25) is 0 Å². The maximum atomic E-state index is 6.41. The number of hydrogen-bond acceptors (Lipinski definition) is 7. The number of aromatic nitrogens is 5. The van der Waals surface area contributed by atoms with Crippen LogP contribution in [0.25, 0.3) is 22.4 Å². The largest absolute Gasteiger partial charge is 0.486 e. The van der Waals surface area contributed by atoms with Gasteiger partial charge in [-0.1, -0.05) is 42.8 Å². The van der Waals surface area contributed by atoms with Gasteiger partial charge in [0.15, 0.2) is 5.82 Å². The maximum Gasteiger partial charge on any atom is 0.163 e. The van der Waals surface area contributed by atoms with Gasteiger partial charge in [0.05, 0.1) is 26.9 Å². The number of benzene rings is 1. The molecule has 0 bridgehead atoms. The Hall–Kier alpha value is -2.47. The number of nitrogens with one attached hydrogen (secondary N) is 1. The number of pyridine rings is 1. The Labute approximate surface area is 270 Å². The quantitative estimate of drug-likeness (QED) is 0.135. The number of ether oxygens (including phenoxy) is 2. The van der Waals surface area contributed by atoms with Crippen molar-refractivity contribution in [3.63, 3.8) is 0 Å². The average molecular weight is 657 g/mol. The van der Waals surface area contributed by atoms with Crippen molar-refractivity contribution in [2.45, 2.75) is 71.4 Å². The highest BCUT2D eigenvalue weighted by Crippen LogP contribution is 2.36. The molecule has 0 saturated carbocycles. The summed E-state index contributed by atoms with van der Waals surface area (Å²) in [6.45, 7) is 15.5. The number of fused-ring (bicyclic) bond motifs is 2. The normalized spacial score (nSPS) is 17.4. The van der Waals surface area contributed by atoms with Crippen molar-refractivity contribution in [2.24, 2.45) is 5.92 Å². The van der Waals surface area contributed by atoms with Gasteiger partial charge in [0, 0.05) is 57.7 Å². The van der Waals surface area contributed by atoms with Gasteiger partial charge in [-0.05, 0) is 70.1 Å². The number of likely N-dealkylation sites (tertiary alicyclic amines) is 1. The first kappa shape index (κ1) is 31.5. The Morgan fingerprint density at radius 1 is 1.09 bits per heavy atom. The summed E-state index contributed by atoms with van der Waals surface area (Å²) in [5, 5.41) is 9.85. The van der Waals surface area contributed by atoms with Gasteiger partial charge in [-0.25, -0.2) is 4.98 Å². The van der Waals surface area contributed by atoms with Crippen LogP contribution in [-0.4, -0.2) is 75.9 Å². The van der Waals surface area contributed by atoms with Crippen LogP contribution in [0.1, 0.15) is 42.8 Å². The van der Waals surface area contributed by atoms with Gasteiger partial charge in [0.25, 0.3) is 0 Å². The number of piperidine rings is 1. The van der Waals surface area contributed by atoms with Gasteiger partial charge in [-0.2, -0.15) is 5.10 Å². The number of nitrogens with zero attached hydrogens (tertiary/aromatic N) is 6. The summed E-state index contributed by atoms with van der Waals surface area (Å²) in [5.41, 5.74) is 4.78. The number of rotatable bonds is 11. The third-order valence-corrected chi connectivity index (χ3v) is 11.1. The summed E-state index contributed by atoms with van der Waals surface area (Å²) in [6, 6.07) is 7.04. The fourth-order valence-corrected chi connectivity index (χ4v) is 7.65. The van der Waals surface area contributed by atoms with Crippen molar-refractivity contribution in [3.8, 4) is 17.3 Å². The van der Waals surface area contributed by atoms with Crippen LogP contribution in [0, 0.1) is 5.92 Å². The van der Waals surface area contributed by atoms with E-state index in [4.69, 9.17) is 42.8 Å². The Kier molecular flexibility index (Phi) is 9.38. The molecule has 4 aromatic rings. The Balaban J connectivity index is 1.27. The number of imidazole rings is 1. The van der Waals surface area contributed by atoms with Gasteiger partial charge < -0.3 is 18.9 Å². The van der Waals surface area contributed by atoms with Gasteiger partial charge >= 0.3 is 0 Å². The third kappa shape index (κ3) is 7.00. The molecule has 1 fully saturated rings. The molecule has 1 atom stereocenters. The molecule has 2 aliphatic rings. The molecular weight excluding hydrogens is 613 g/mol. The van der Waals surface area contributed by atoms with Crippen LogP contribution in [0.2, 0.25) is 35.7 Å². The van der Waals surface area contributed by atoms with E-state index in [-0.39, 0.29) is 6.10 Å². The number of hydrogen-bond donors (Lipinski definition) is 1. The van der Waals surface area contributed by atoms with Crippen LogP contribution in [0.15, 0.2) is 30.6 Å². The van der Waals surface area contributed by atoms with Crippen LogP contribution in [-0.2, 0) is 24.6 Å². The van der Waals surface area contributed by atoms with Crippen molar-refractivity contribution in [1.82, 2.24) is 34.5 Å². The Morgan fingerprint density at radius 3 is 2.57 bits per heavy atom. The average Bonchev–Trinajstić information content (AvgIpc) is 3.64. The summed E-state index contributed by atoms with van der Waals surface area (Å²) in [5.74, 6) is 2.26. The molecular formula is C32H43Cl2N7O2Si. The van der Waals surface area contributed by atoms with Gasteiger partial charge in [0.1, 0.15) is 24.3 Å². The second-order valence-corrected chi connectivity index (χ2v) is 20.0. The highest BCUT2D eigenvalue weighted by Gasteiger charge is 2.31. The molecule has 12 heteroatoms. The van der Waals surface area contributed by atoms with E-state index in [1.54, 1.807) is 12.4 Å². The lowest BCUT2D eigenvalue weighted by molar-refractivity contribution is 0.0847. The zero-order valence-electron chi connectivity index (χ0n) is 26.4. The first-order valence-electron chi connectivity index (χ1n) is 15.6. The van der Waals surface area contributed by atoms with E-state index in [0.29, 0.717) is 28.1 Å². The molecule has 1 saturated heterocycles. The summed E-state index contributed by atoms with van der Waals surface area (Å²) >= 11 is 12.8. The topological polar surface area (TPSA) is 84.3 Å². The van der Waals surface area contributed by atoms with Crippen LogP contribution >= 0.6 is 23.2 Å². The number of H-pyrrole nitrogens is 1. The molecule has 2 aliphatic heterocycles. The van der Waals surface area contributed by atoms with E-state index in [1.165, 1.54) is 31.6 Å². The van der Waals surface area contributed by atoms with Crippen LogP contribution in [0.3, 0.4) is 0 Å². The van der Waals surface area contributed by atoms with Crippen molar-refractivity contribution in [2.75, 3.05) is 33.3 Å². The zero-order chi connectivity index (χ0) is 31.0. The lowest BCUT2D eigenvalue weighted by Crippen LogP contribution is -2.35. The molecule has 1 N–H and O–H groups in total. The predicted octanol–water partition coefficient (Wildman–Crippen LogP) is 7.24. The highest BCUT2D eigenvalue weighted by atomic mass is 35.5. The summed E-state index contributed by atoms with van der Waals surface area (Å²) in [4.78, 5) is 14.3. The SMILES string of the molecule is CC(Oc1ccc2[nH]nc(-c3nc4c(n3COCC[Si](C)(C)C)CN(CC3CCN(C)CC3)C4)c2c1)c1c(Cl)cncc1Cl. The molecule has 1 unspecified atom stereocenters. The van der Waals surface area contributed by atoms with E-state index in [1.807, 2.05) is 25.1 Å². The number of halogens is 2. The van der Waals surface area contributed by atoms with E-state index >= 15 is 0 Å². The van der Waals surface area contributed by atoms with Crippen LogP contribution < -0.4 is 4.74 Å². The minimum Gasteiger partial charge on any atom is -0.486 e. The third-order valence-electron chi connectivity index (χ3n) is 8.83. The zero-order valence-corrected chi connectivity index (χ0v) is 28.9. The molecule has 1 aromatic carbocycles. The standard InChI is InChI=1S/C32H43Cl2N7O2Si/c1-21(30-25(33)15-35-16-26(30)34)43-23-6-7-27-24(14-23)31(38-37-27)32-36-28-18-40(17-22-8-10-39(2)11-9-22)19-29(28)41(32)20-42-12-13-44(3,4)5/h6-7,14-16,21-22H,8-13,17-20H2,1-5H3,(H,37,38). The van der Waals surface area contributed by atoms with Crippen LogP contribution in [0.4, 0.5) is 0 Å². The highest BCUT2D eigenvalue weighted by molar-refractivity contribution is 6.76. The Morgan fingerprint density at radius 2 is 1.84 bits per heavy atom. The molecule has 9 nitrogen and oxygen atoms in total. The molecule has 44 heavy (non-hydrogen) atoms. The van der Waals surface area contributed by atoms with E-state index in [2.05, 4.69) is 51.1 Å². The predicted molar refractivity (Wildman–Crippen MR) is 179 cm³/mol. The second kappa shape index (κ2) is 13.1. The van der Waals surface area contributed by atoms with Gasteiger partial charge in [-0.3, -0.25) is 15.0 Å². The molecule has 236 valence electrons. The van der Waals surface area contributed by atoms with Crippen molar-refractivity contribution in [3.05, 3.63) is 57.6 Å². The smallest absolute Gasteiger partial charge is 0.163 e. The van der Waals surface area contributed by atoms with Crippen molar-refractivity contribution >= 4 is 42.2 Å². The molecule has 0 spiro atoms. The molecule has 3 aromatic heterocycles. The molecule has 0 amide bonds. The van der Waals surface area contributed by atoms with Crippen molar-refractivity contribution in [1.29, 1.82) is 0 Å². The molecule has 0 aliphatic carbocycles. The second-order valence-electron chi connectivity index (χ2n) is 13.6. The summed E-state index contributed by atoms with van der Waals surface area (Å²) in [7, 11) is 1.01. The monoisotopic (exact) mass is 655 g/mol. The fourth-order valence-electron chi connectivity index (χ4n) is 6.22. The van der Waals surface area contributed by atoms with E-state index < -0.39 is 8.07 Å². The van der Waals surface area contributed by atoms with Gasteiger partial charge in [-0.15, -0.1) is 0 Å². The first-order valence-corrected chi connectivity index (χ1v) is 20.0. The maximum absolute atomic E-state index is 6.41. The Bertz CT molecular complexity index is 1590. The fraction of sp³-hybridized carbons (Fsp3) is 0.531. The van der Waals surface area contributed by atoms with E-state index in [9.17, 15) is 0 Å². The van der Waals surface area contributed by atoms with E-state index in [0.717, 1.165) is 66.3 Å².